The second kappa shape index (κ2) is 5.10. The van der Waals surface area contributed by atoms with Crippen molar-refractivity contribution in [3.63, 3.8) is 0 Å². The number of imidazole rings is 1. The molecule has 0 amide bonds. The zero-order valence-electron chi connectivity index (χ0n) is 9.91. The van der Waals surface area contributed by atoms with Gasteiger partial charge in [0.1, 0.15) is 12.1 Å². The minimum Gasteiger partial charge on any atom is -0.497 e. The number of benzene rings is 2. The van der Waals surface area contributed by atoms with Gasteiger partial charge in [0.2, 0.25) is 0 Å². The highest BCUT2D eigenvalue weighted by Gasteiger charge is 2.04. The van der Waals surface area contributed by atoms with Crippen LogP contribution in [0.1, 0.15) is 0 Å². The molecule has 0 aliphatic carbocycles. The minimum atomic E-state index is 0. The molecule has 0 saturated carbocycles. The van der Waals surface area contributed by atoms with Crippen LogP contribution in [0.3, 0.4) is 0 Å². The molecule has 1 aromatic heterocycles. The molecule has 4 heteroatoms. The van der Waals surface area contributed by atoms with Crippen LogP contribution < -0.4 is 4.74 Å². The molecule has 0 N–H and O–H groups in total. The minimum absolute atomic E-state index is 0. The zero-order chi connectivity index (χ0) is 11.7. The van der Waals surface area contributed by atoms with Gasteiger partial charge in [-0.1, -0.05) is 18.2 Å². The molecule has 3 nitrogen and oxygen atoms in total. The summed E-state index contributed by atoms with van der Waals surface area (Å²) < 4.78 is 7.25. The predicted octanol–water partition coefficient (Wildman–Crippen LogP) is 3.46. The number of halogens is 1. The molecule has 0 saturated heterocycles. The Morgan fingerprint density at radius 2 is 1.83 bits per heavy atom. The number of aromatic nitrogens is 2. The monoisotopic (exact) mass is 260 g/mol. The van der Waals surface area contributed by atoms with E-state index in [0.717, 1.165) is 22.5 Å². The molecule has 0 unspecified atom stereocenters. The van der Waals surface area contributed by atoms with E-state index in [1.54, 1.807) is 7.11 Å². The summed E-state index contributed by atoms with van der Waals surface area (Å²) in [5.41, 5.74) is 3.13. The van der Waals surface area contributed by atoms with Crippen molar-refractivity contribution in [1.82, 2.24) is 9.55 Å². The van der Waals surface area contributed by atoms with Gasteiger partial charge in [-0.2, -0.15) is 0 Å². The Bertz CT molecular complexity index is 649. The molecule has 0 radical (unpaired) electrons. The van der Waals surface area contributed by atoms with Gasteiger partial charge in [0.25, 0.3) is 0 Å². The van der Waals surface area contributed by atoms with Crippen LogP contribution in [0.15, 0.2) is 54.9 Å². The van der Waals surface area contributed by atoms with E-state index < -0.39 is 0 Å². The van der Waals surface area contributed by atoms with Crippen molar-refractivity contribution in [1.29, 1.82) is 0 Å². The van der Waals surface area contributed by atoms with Crippen molar-refractivity contribution in [2.45, 2.75) is 0 Å². The zero-order valence-corrected chi connectivity index (χ0v) is 10.7. The Kier molecular flexibility index (Phi) is 3.53. The molecule has 0 fully saturated rings. The van der Waals surface area contributed by atoms with E-state index in [1.165, 1.54) is 0 Å². The smallest absolute Gasteiger partial charge is 0.121 e. The molecule has 0 aliphatic heterocycles. The van der Waals surface area contributed by atoms with E-state index in [2.05, 4.69) is 21.7 Å². The largest absolute Gasteiger partial charge is 0.497 e. The van der Waals surface area contributed by atoms with E-state index >= 15 is 0 Å². The third kappa shape index (κ3) is 2.05. The van der Waals surface area contributed by atoms with E-state index in [4.69, 9.17) is 4.74 Å². The van der Waals surface area contributed by atoms with Crippen LogP contribution in [0.5, 0.6) is 5.75 Å². The standard InChI is InChI=1S/C14H12N2O.ClH/c1-17-12-7-8-14-13(9-12)15-10-16(14)11-5-3-2-4-6-11;/h2-10H,1H3;1H. The molecule has 3 aromatic rings. The number of methoxy groups -OCH3 is 1. The van der Waals surface area contributed by atoms with Crippen LogP contribution in [-0.4, -0.2) is 16.7 Å². The van der Waals surface area contributed by atoms with Crippen LogP contribution in [0, 0.1) is 0 Å². The van der Waals surface area contributed by atoms with Crippen LogP contribution in [0.25, 0.3) is 16.7 Å². The van der Waals surface area contributed by atoms with Gasteiger partial charge in [-0.15, -0.1) is 12.4 Å². The van der Waals surface area contributed by atoms with Crippen molar-refractivity contribution >= 4 is 23.4 Å². The normalized spacial score (nSPS) is 10.1. The SMILES string of the molecule is COc1ccc2c(c1)ncn2-c1ccccc1.Cl. The lowest BCUT2D eigenvalue weighted by Gasteiger charge is -2.04. The summed E-state index contributed by atoms with van der Waals surface area (Å²) in [5.74, 6) is 0.829. The lowest BCUT2D eigenvalue weighted by atomic mass is 10.2. The molecule has 2 aromatic carbocycles. The van der Waals surface area contributed by atoms with Gasteiger partial charge in [-0.25, -0.2) is 4.98 Å². The maximum Gasteiger partial charge on any atom is 0.121 e. The summed E-state index contributed by atoms with van der Waals surface area (Å²) >= 11 is 0. The second-order valence-corrected chi connectivity index (χ2v) is 3.80. The lowest BCUT2D eigenvalue weighted by molar-refractivity contribution is 0.415. The Balaban J connectivity index is 0.00000120. The predicted molar refractivity (Wildman–Crippen MR) is 74.9 cm³/mol. The van der Waals surface area contributed by atoms with Gasteiger partial charge in [0, 0.05) is 11.8 Å². The number of rotatable bonds is 2. The first kappa shape index (κ1) is 12.5. The van der Waals surface area contributed by atoms with Gasteiger partial charge in [-0.05, 0) is 24.3 Å². The quantitative estimate of drug-likeness (QED) is 0.706. The number of hydrogen-bond acceptors (Lipinski definition) is 2. The first-order valence-corrected chi connectivity index (χ1v) is 5.45. The fourth-order valence-electron chi connectivity index (χ4n) is 1.91. The Labute approximate surface area is 111 Å². The van der Waals surface area contributed by atoms with E-state index in [1.807, 2.05) is 42.7 Å². The summed E-state index contributed by atoms with van der Waals surface area (Å²) in [7, 11) is 1.66. The third-order valence-electron chi connectivity index (χ3n) is 2.79. The van der Waals surface area contributed by atoms with E-state index in [-0.39, 0.29) is 12.4 Å². The van der Waals surface area contributed by atoms with Gasteiger partial charge in [-0.3, -0.25) is 4.57 Å². The van der Waals surface area contributed by atoms with Crippen molar-refractivity contribution in [2.75, 3.05) is 7.11 Å². The van der Waals surface area contributed by atoms with Crippen LogP contribution >= 0.6 is 12.4 Å². The molecule has 3 rings (SSSR count). The highest BCUT2D eigenvalue weighted by Crippen LogP contribution is 2.22. The van der Waals surface area contributed by atoms with Crippen LogP contribution in [-0.2, 0) is 0 Å². The van der Waals surface area contributed by atoms with E-state index in [9.17, 15) is 0 Å². The molecule has 0 bridgehead atoms. The van der Waals surface area contributed by atoms with Crippen molar-refractivity contribution < 1.29 is 4.74 Å². The summed E-state index contributed by atoms with van der Waals surface area (Å²) in [4.78, 5) is 4.39. The Morgan fingerprint density at radius 3 is 2.56 bits per heavy atom. The Hall–Kier alpha value is -2.00. The third-order valence-corrected chi connectivity index (χ3v) is 2.79. The van der Waals surface area contributed by atoms with Crippen molar-refractivity contribution in [2.24, 2.45) is 0 Å². The first-order chi connectivity index (χ1) is 8.38. The number of hydrogen-bond donors (Lipinski definition) is 0. The molecule has 92 valence electrons. The van der Waals surface area contributed by atoms with Gasteiger partial charge in [0.15, 0.2) is 0 Å². The summed E-state index contributed by atoms with van der Waals surface area (Å²) in [5, 5.41) is 0. The summed E-state index contributed by atoms with van der Waals surface area (Å²) in [6, 6.07) is 16.1. The highest BCUT2D eigenvalue weighted by molar-refractivity contribution is 5.85. The van der Waals surface area contributed by atoms with Crippen molar-refractivity contribution in [3.05, 3.63) is 54.9 Å². The van der Waals surface area contributed by atoms with Crippen LogP contribution in [0.2, 0.25) is 0 Å². The van der Waals surface area contributed by atoms with Crippen LogP contribution in [0.4, 0.5) is 0 Å². The maximum atomic E-state index is 5.19. The molecular weight excluding hydrogens is 248 g/mol. The number of fused-ring (bicyclic) bond motifs is 1. The summed E-state index contributed by atoms with van der Waals surface area (Å²) in [6.45, 7) is 0. The van der Waals surface area contributed by atoms with Gasteiger partial charge >= 0.3 is 0 Å². The highest BCUT2D eigenvalue weighted by atomic mass is 35.5. The average molecular weight is 261 g/mol. The molecule has 0 spiro atoms. The molecule has 1 heterocycles. The number of nitrogens with zero attached hydrogens (tertiary/aromatic N) is 2. The molecule has 0 aliphatic rings. The maximum absolute atomic E-state index is 5.19. The molecular formula is C14H13ClN2O. The lowest BCUT2D eigenvalue weighted by Crippen LogP contribution is -1.90. The topological polar surface area (TPSA) is 27.1 Å². The van der Waals surface area contributed by atoms with Crippen molar-refractivity contribution in [3.8, 4) is 11.4 Å². The van der Waals surface area contributed by atoms with E-state index in [0.29, 0.717) is 0 Å². The number of ether oxygens (including phenoxy) is 1. The van der Waals surface area contributed by atoms with Gasteiger partial charge < -0.3 is 4.74 Å². The Morgan fingerprint density at radius 1 is 1.06 bits per heavy atom. The first-order valence-electron chi connectivity index (χ1n) is 5.45. The molecule has 18 heavy (non-hydrogen) atoms. The van der Waals surface area contributed by atoms with Gasteiger partial charge in [0.05, 0.1) is 18.1 Å². The number of para-hydroxylation sites is 1. The average Bonchev–Trinajstić information content (AvgIpc) is 2.82. The summed E-state index contributed by atoms with van der Waals surface area (Å²) in [6.07, 6.45) is 1.83. The fraction of sp³-hybridized carbons (Fsp3) is 0.0714. The molecule has 0 atom stereocenters. The second-order valence-electron chi connectivity index (χ2n) is 3.80. The fourth-order valence-corrected chi connectivity index (χ4v) is 1.91.